The molecule has 0 aliphatic carbocycles. The minimum Gasteiger partial charge on any atom is -0.321 e. The van der Waals surface area contributed by atoms with Crippen LogP contribution >= 0.6 is 22.9 Å². The van der Waals surface area contributed by atoms with E-state index in [9.17, 15) is 9.59 Å². The van der Waals surface area contributed by atoms with Crippen molar-refractivity contribution in [2.45, 2.75) is 27.2 Å². The molecule has 0 spiro atoms. The second kappa shape index (κ2) is 8.53. The van der Waals surface area contributed by atoms with Crippen molar-refractivity contribution in [2.24, 2.45) is 0 Å². The molecule has 8 heteroatoms. The molecule has 2 heterocycles. The van der Waals surface area contributed by atoms with Gasteiger partial charge in [0.05, 0.1) is 5.69 Å². The number of nitrogens with one attached hydrogen (secondary N) is 2. The first-order valence-corrected chi connectivity index (χ1v) is 10.9. The lowest BCUT2D eigenvalue weighted by Crippen LogP contribution is -2.17. The number of rotatable bonds is 5. The maximum atomic E-state index is 13.1. The minimum atomic E-state index is -0.247. The van der Waals surface area contributed by atoms with Crippen LogP contribution < -0.4 is 10.9 Å². The predicted molar refractivity (Wildman–Crippen MR) is 125 cm³/mol. The molecule has 0 aliphatic heterocycles. The van der Waals surface area contributed by atoms with Gasteiger partial charge in [0, 0.05) is 28.4 Å². The van der Waals surface area contributed by atoms with E-state index in [1.807, 2.05) is 56.3 Å². The monoisotopic (exact) mass is 452 g/mol. The lowest BCUT2D eigenvalue weighted by Gasteiger charge is -2.06. The Balaban J connectivity index is 1.64. The first-order valence-electron chi connectivity index (χ1n) is 9.74. The fraction of sp³-hybridized carbons (Fsp3) is 0.174. The Morgan fingerprint density at radius 3 is 2.58 bits per heavy atom. The molecule has 0 bridgehead atoms. The van der Waals surface area contributed by atoms with Crippen LogP contribution in [0.3, 0.4) is 0 Å². The van der Waals surface area contributed by atoms with E-state index in [1.54, 1.807) is 13.0 Å². The number of hydrogen-bond donors (Lipinski definition) is 2. The molecule has 2 aromatic heterocycles. The van der Waals surface area contributed by atoms with E-state index in [1.165, 1.54) is 16.0 Å². The van der Waals surface area contributed by atoms with Gasteiger partial charge in [0.15, 0.2) is 0 Å². The summed E-state index contributed by atoms with van der Waals surface area (Å²) in [5.41, 5.74) is 4.32. The van der Waals surface area contributed by atoms with Crippen LogP contribution in [0.2, 0.25) is 5.02 Å². The number of aromatic amines is 1. The smallest absolute Gasteiger partial charge is 0.277 e. The van der Waals surface area contributed by atoms with Gasteiger partial charge in [-0.05, 0) is 44.0 Å². The maximum absolute atomic E-state index is 13.1. The molecule has 0 saturated carbocycles. The third-order valence-corrected chi connectivity index (χ3v) is 6.60. The maximum Gasteiger partial charge on any atom is 0.277 e. The van der Waals surface area contributed by atoms with Gasteiger partial charge in [0.25, 0.3) is 11.5 Å². The molecular weight excluding hydrogens is 432 g/mol. The lowest BCUT2D eigenvalue weighted by molar-refractivity contribution is 0.102. The highest BCUT2D eigenvalue weighted by molar-refractivity contribution is 7.16. The number of halogens is 1. The van der Waals surface area contributed by atoms with Gasteiger partial charge >= 0.3 is 0 Å². The van der Waals surface area contributed by atoms with E-state index in [-0.39, 0.29) is 11.5 Å². The number of thiazole rings is 1. The van der Waals surface area contributed by atoms with Crippen molar-refractivity contribution < 1.29 is 4.79 Å². The number of aromatic nitrogens is 3. The highest BCUT2D eigenvalue weighted by Gasteiger charge is 2.20. The summed E-state index contributed by atoms with van der Waals surface area (Å²) in [6, 6.07) is 15.0. The molecule has 0 unspecified atom stereocenters. The van der Waals surface area contributed by atoms with E-state index in [2.05, 4.69) is 15.4 Å². The van der Waals surface area contributed by atoms with Gasteiger partial charge in [-0.25, -0.2) is 4.98 Å². The van der Waals surface area contributed by atoms with E-state index in [0.29, 0.717) is 32.7 Å². The highest BCUT2D eigenvalue weighted by atomic mass is 35.5. The first-order chi connectivity index (χ1) is 14.8. The molecule has 0 atom stereocenters. The van der Waals surface area contributed by atoms with E-state index in [4.69, 9.17) is 11.6 Å². The number of H-pyrrole nitrogens is 1. The van der Waals surface area contributed by atoms with E-state index >= 15 is 0 Å². The summed E-state index contributed by atoms with van der Waals surface area (Å²) < 4.78 is 1.39. The van der Waals surface area contributed by atoms with Crippen LogP contribution in [-0.4, -0.2) is 20.7 Å². The number of benzene rings is 2. The Morgan fingerprint density at radius 2 is 1.84 bits per heavy atom. The van der Waals surface area contributed by atoms with Crippen LogP contribution in [0.5, 0.6) is 0 Å². The Morgan fingerprint density at radius 1 is 1.13 bits per heavy atom. The van der Waals surface area contributed by atoms with E-state index in [0.717, 1.165) is 22.5 Å². The fourth-order valence-corrected chi connectivity index (χ4v) is 4.46. The Hall–Kier alpha value is -3.16. The van der Waals surface area contributed by atoms with Crippen LogP contribution in [0.15, 0.2) is 53.3 Å². The van der Waals surface area contributed by atoms with Crippen molar-refractivity contribution in [1.82, 2.24) is 14.8 Å². The molecule has 0 fully saturated rings. The van der Waals surface area contributed by atoms with Crippen molar-refractivity contribution >= 4 is 34.5 Å². The zero-order valence-corrected chi connectivity index (χ0v) is 18.9. The quantitative estimate of drug-likeness (QED) is 0.445. The molecule has 6 nitrogen and oxygen atoms in total. The lowest BCUT2D eigenvalue weighted by atomic mass is 10.1. The van der Waals surface area contributed by atoms with Crippen molar-refractivity contribution in [1.29, 1.82) is 0 Å². The van der Waals surface area contributed by atoms with Gasteiger partial charge in [-0.1, -0.05) is 59.3 Å². The molecule has 4 aromatic rings. The standard InChI is InChI=1S/C23H21ClN4O2S/c1-13-8-4-7-11-19(13)26-21(29)20-15(3)25-23(31-20)28-22(30)17(14(2)27-28)12-16-9-5-6-10-18(16)24/h4-11,27H,12H2,1-3H3,(H,26,29). The molecule has 1 amide bonds. The van der Waals surface area contributed by atoms with Gasteiger partial charge in [-0.15, -0.1) is 0 Å². The molecular formula is C23H21ClN4O2S. The van der Waals surface area contributed by atoms with E-state index < -0.39 is 0 Å². The van der Waals surface area contributed by atoms with Crippen LogP contribution in [0.4, 0.5) is 5.69 Å². The van der Waals surface area contributed by atoms with Crippen LogP contribution in [0, 0.1) is 20.8 Å². The van der Waals surface area contributed by atoms with Gasteiger partial charge in [-0.3, -0.25) is 14.7 Å². The summed E-state index contributed by atoms with van der Waals surface area (Å²) >= 11 is 7.44. The predicted octanol–water partition coefficient (Wildman–Crippen LogP) is 5.04. The summed E-state index contributed by atoms with van der Waals surface area (Å²) in [4.78, 5) is 30.8. The molecule has 0 saturated heterocycles. The minimum absolute atomic E-state index is 0.197. The average Bonchev–Trinajstić information content (AvgIpc) is 3.26. The number of anilines is 1. The second-order valence-corrected chi connectivity index (χ2v) is 8.69. The number of carbonyl (C=O) groups is 1. The zero-order valence-electron chi connectivity index (χ0n) is 17.3. The molecule has 2 N–H and O–H groups in total. The summed E-state index contributed by atoms with van der Waals surface area (Å²) in [6.07, 6.45) is 0.416. The number of para-hydroxylation sites is 1. The third-order valence-electron chi connectivity index (χ3n) is 5.09. The number of nitrogens with zero attached hydrogens (tertiary/aromatic N) is 2. The topological polar surface area (TPSA) is 79.8 Å². The SMILES string of the molecule is Cc1ccccc1NC(=O)c1sc(-n2[nH]c(C)c(Cc3ccccc3Cl)c2=O)nc1C. The molecule has 2 aromatic carbocycles. The summed E-state index contributed by atoms with van der Waals surface area (Å²) in [7, 11) is 0. The van der Waals surface area contributed by atoms with Crippen molar-refractivity contribution in [2.75, 3.05) is 5.32 Å². The van der Waals surface area contributed by atoms with Crippen molar-refractivity contribution in [3.05, 3.63) is 96.9 Å². The summed E-state index contributed by atoms with van der Waals surface area (Å²) in [5.74, 6) is -0.247. The molecule has 0 aliphatic rings. The van der Waals surface area contributed by atoms with Gasteiger partial charge in [-0.2, -0.15) is 4.68 Å². The van der Waals surface area contributed by atoms with Crippen LogP contribution in [0.1, 0.15) is 37.7 Å². The van der Waals surface area contributed by atoms with Gasteiger partial charge in [0.2, 0.25) is 5.13 Å². The number of hydrogen-bond acceptors (Lipinski definition) is 4. The largest absolute Gasteiger partial charge is 0.321 e. The Bertz CT molecular complexity index is 1340. The molecule has 4 rings (SSSR count). The molecule has 158 valence electrons. The zero-order chi connectivity index (χ0) is 22.1. The number of carbonyl (C=O) groups excluding carboxylic acids is 1. The first kappa shape index (κ1) is 21.1. The van der Waals surface area contributed by atoms with Crippen molar-refractivity contribution in [3.63, 3.8) is 0 Å². The van der Waals surface area contributed by atoms with Crippen LogP contribution in [-0.2, 0) is 6.42 Å². The Kier molecular flexibility index (Phi) is 5.80. The van der Waals surface area contributed by atoms with Gasteiger partial charge in [0.1, 0.15) is 4.88 Å². The second-order valence-electron chi connectivity index (χ2n) is 7.30. The average molecular weight is 453 g/mol. The molecule has 0 radical (unpaired) electrons. The van der Waals surface area contributed by atoms with Crippen molar-refractivity contribution in [3.8, 4) is 5.13 Å². The third kappa shape index (κ3) is 4.19. The van der Waals surface area contributed by atoms with Gasteiger partial charge < -0.3 is 5.32 Å². The number of aryl methyl sites for hydroxylation is 3. The van der Waals surface area contributed by atoms with Crippen LogP contribution in [0.25, 0.3) is 5.13 Å². The molecule has 31 heavy (non-hydrogen) atoms. The highest BCUT2D eigenvalue weighted by Crippen LogP contribution is 2.24. The summed E-state index contributed by atoms with van der Waals surface area (Å²) in [6.45, 7) is 5.54. The normalized spacial score (nSPS) is 11.0. The fourth-order valence-electron chi connectivity index (χ4n) is 3.34. The number of amides is 1. The Labute approximate surface area is 188 Å². The summed E-state index contributed by atoms with van der Waals surface area (Å²) in [5, 5.41) is 7.05.